The summed E-state index contributed by atoms with van der Waals surface area (Å²) in [5.41, 5.74) is -0.386. The van der Waals surface area contributed by atoms with Crippen LogP contribution in [-0.4, -0.2) is 10.2 Å². The molecule has 0 amide bonds. The minimum absolute atomic E-state index is 0.193. The molecule has 1 aromatic rings. The summed E-state index contributed by atoms with van der Waals surface area (Å²) in [5, 5.41) is 18.3. The minimum Gasteiger partial charge on any atom is -0.508 e. The van der Waals surface area contributed by atoms with Crippen molar-refractivity contribution < 1.29 is 10.2 Å². The summed E-state index contributed by atoms with van der Waals surface area (Å²) in [7, 11) is 0. The molecular weight excluding hydrogens is 140 g/mol. The standard InChI is InChI=1S/C9H11O2/c1-9(2,11)7-3-5-8(10)6-4-7/h3-6,10-11H,1H2,2H3. The number of aromatic hydroxyl groups is 1. The number of aliphatic hydroxyl groups is 1. The van der Waals surface area contributed by atoms with Gasteiger partial charge in [0.25, 0.3) is 0 Å². The van der Waals surface area contributed by atoms with Gasteiger partial charge in [0.05, 0.1) is 5.60 Å². The lowest BCUT2D eigenvalue weighted by atomic mass is 9.99. The van der Waals surface area contributed by atoms with E-state index in [9.17, 15) is 5.11 Å². The molecule has 0 aromatic heterocycles. The van der Waals surface area contributed by atoms with E-state index in [1.165, 1.54) is 12.1 Å². The fraction of sp³-hybridized carbons (Fsp3) is 0.222. The number of phenolic OH excluding ortho intramolecular Hbond substituents is 1. The molecule has 1 radical (unpaired) electrons. The third kappa shape index (κ3) is 1.95. The molecule has 0 spiro atoms. The number of rotatable bonds is 1. The number of phenols is 1. The average Bonchev–Trinajstić information content (AvgIpc) is 1.86. The Labute approximate surface area is 66.1 Å². The van der Waals surface area contributed by atoms with Gasteiger partial charge in [0, 0.05) is 0 Å². The second-order valence-electron chi connectivity index (χ2n) is 2.82. The van der Waals surface area contributed by atoms with Crippen molar-refractivity contribution in [2.75, 3.05) is 0 Å². The summed E-state index contributed by atoms with van der Waals surface area (Å²) >= 11 is 0. The molecule has 0 bridgehead atoms. The molecule has 0 fully saturated rings. The first kappa shape index (κ1) is 8.08. The fourth-order valence-electron chi connectivity index (χ4n) is 0.820. The maximum absolute atomic E-state index is 9.39. The van der Waals surface area contributed by atoms with Gasteiger partial charge >= 0.3 is 0 Å². The van der Waals surface area contributed by atoms with E-state index in [1.807, 2.05) is 0 Å². The first-order chi connectivity index (χ1) is 5.00. The van der Waals surface area contributed by atoms with Gasteiger partial charge in [0.2, 0.25) is 0 Å². The predicted octanol–water partition coefficient (Wildman–Crippen LogP) is 1.43. The lowest BCUT2D eigenvalue weighted by molar-refractivity contribution is 0.108. The Morgan fingerprint density at radius 1 is 1.27 bits per heavy atom. The highest BCUT2D eigenvalue weighted by molar-refractivity contribution is 5.29. The highest BCUT2D eigenvalue weighted by Crippen LogP contribution is 2.20. The van der Waals surface area contributed by atoms with Gasteiger partial charge in [-0.2, -0.15) is 0 Å². The number of hydrogen-bond acceptors (Lipinski definition) is 2. The maximum atomic E-state index is 9.39. The largest absolute Gasteiger partial charge is 0.508 e. The van der Waals surface area contributed by atoms with Crippen LogP contribution in [-0.2, 0) is 5.60 Å². The molecule has 2 nitrogen and oxygen atoms in total. The zero-order valence-electron chi connectivity index (χ0n) is 6.41. The normalized spacial score (nSPS) is 11.5. The third-order valence-electron chi connectivity index (χ3n) is 1.49. The summed E-state index contributed by atoms with van der Waals surface area (Å²) in [6.45, 7) is 5.14. The van der Waals surface area contributed by atoms with Crippen LogP contribution in [0.25, 0.3) is 0 Å². The molecule has 0 saturated carbocycles. The third-order valence-corrected chi connectivity index (χ3v) is 1.49. The molecule has 59 valence electrons. The molecule has 0 aliphatic rings. The summed E-state index contributed by atoms with van der Waals surface area (Å²) in [5.74, 6) is 0.193. The molecule has 0 saturated heterocycles. The predicted molar refractivity (Wildman–Crippen MR) is 43.0 cm³/mol. The van der Waals surface area contributed by atoms with E-state index in [0.29, 0.717) is 5.56 Å². The first-order valence-electron chi connectivity index (χ1n) is 3.37. The maximum Gasteiger partial charge on any atom is 0.115 e. The van der Waals surface area contributed by atoms with Gasteiger partial charge in [-0.15, -0.1) is 0 Å². The molecule has 0 aliphatic carbocycles. The second kappa shape index (κ2) is 2.55. The van der Waals surface area contributed by atoms with E-state index in [-0.39, 0.29) is 5.75 Å². The molecular formula is C9H11O2. The van der Waals surface area contributed by atoms with Crippen LogP contribution in [0.2, 0.25) is 0 Å². The van der Waals surface area contributed by atoms with Crippen molar-refractivity contribution in [2.45, 2.75) is 12.5 Å². The second-order valence-corrected chi connectivity index (χ2v) is 2.82. The van der Waals surface area contributed by atoms with Crippen molar-refractivity contribution in [3.8, 4) is 5.75 Å². The van der Waals surface area contributed by atoms with Crippen molar-refractivity contribution in [3.05, 3.63) is 36.8 Å². The molecule has 0 heterocycles. The Kier molecular flexibility index (Phi) is 1.87. The molecule has 1 rings (SSSR count). The van der Waals surface area contributed by atoms with Crippen LogP contribution in [0, 0.1) is 6.92 Å². The van der Waals surface area contributed by atoms with Crippen LogP contribution >= 0.6 is 0 Å². The zero-order chi connectivity index (χ0) is 8.48. The van der Waals surface area contributed by atoms with Gasteiger partial charge in [0.15, 0.2) is 0 Å². The lowest BCUT2D eigenvalue weighted by Crippen LogP contribution is -2.15. The van der Waals surface area contributed by atoms with Crippen molar-refractivity contribution in [1.82, 2.24) is 0 Å². The van der Waals surface area contributed by atoms with Crippen molar-refractivity contribution in [2.24, 2.45) is 0 Å². The Bertz CT molecular complexity index is 231. The Hall–Kier alpha value is -1.02. The van der Waals surface area contributed by atoms with Gasteiger partial charge in [-0.05, 0) is 31.5 Å². The van der Waals surface area contributed by atoms with E-state index in [1.54, 1.807) is 19.1 Å². The summed E-state index contributed by atoms with van der Waals surface area (Å²) in [4.78, 5) is 0. The van der Waals surface area contributed by atoms with Gasteiger partial charge in [-0.1, -0.05) is 12.1 Å². The Balaban J connectivity index is 2.99. The van der Waals surface area contributed by atoms with Crippen molar-refractivity contribution in [3.63, 3.8) is 0 Å². The Morgan fingerprint density at radius 2 is 1.73 bits per heavy atom. The van der Waals surface area contributed by atoms with Gasteiger partial charge in [0.1, 0.15) is 5.75 Å². The van der Waals surface area contributed by atoms with Gasteiger partial charge < -0.3 is 10.2 Å². The fourth-order valence-corrected chi connectivity index (χ4v) is 0.820. The minimum atomic E-state index is -1.08. The van der Waals surface area contributed by atoms with E-state index in [2.05, 4.69) is 6.92 Å². The van der Waals surface area contributed by atoms with Crippen LogP contribution < -0.4 is 0 Å². The topological polar surface area (TPSA) is 40.5 Å². The van der Waals surface area contributed by atoms with Crippen LogP contribution in [0.5, 0.6) is 5.75 Å². The van der Waals surface area contributed by atoms with Crippen LogP contribution in [0.1, 0.15) is 12.5 Å². The number of hydrogen-bond donors (Lipinski definition) is 2. The van der Waals surface area contributed by atoms with Crippen LogP contribution in [0.3, 0.4) is 0 Å². The summed E-state index contributed by atoms with van der Waals surface area (Å²) in [6.07, 6.45) is 0. The smallest absolute Gasteiger partial charge is 0.115 e. The van der Waals surface area contributed by atoms with E-state index < -0.39 is 5.60 Å². The highest BCUT2D eigenvalue weighted by Gasteiger charge is 2.14. The van der Waals surface area contributed by atoms with Crippen LogP contribution in [0.15, 0.2) is 24.3 Å². The average molecular weight is 151 g/mol. The summed E-state index contributed by atoms with van der Waals surface area (Å²) < 4.78 is 0. The molecule has 2 heteroatoms. The zero-order valence-corrected chi connectivity index (χ0v) is 6.41. The van der Waals surface area contributed by atoms with E-state index in [0.717, 1.165) is 0 Å². The van der Waals surface area contributed by atoms with Crippen LogP contribution in [0.4, 0.5) is 0 Å². The molecule has 2 N–H and O–H groups in total. The summed E-state index contributed by atoms with van der Waals surface area (Å²) in [6, 6.07) is 6.33. The Morgan fingerprint density at radius 3 is 2.09 bits per heavy atom. The SMILES string of the molecule is [CH2]C(C)(O)c1ccc(O)cc1. The number of benzene rings is 1. The molecule has 0 aliphatic heterocycles. The van der Waals surface area contributed by atoms with Crippen molar-refractivity contribution >= 4 is 0 Å². The highest BCUT2D eigenvalue weighted by atomic mass is 16.3. The van der Waals surface area contributed by atoms with E-state index in [4.69, 9.17) is 5.11 Å². The van der Waals surface area contributed by atoms with Gasteiger partial charge in [-0.25, -0.2) is 0 Å². The molecule has 1 aromatic carbocycles. The van der Waals surface area contributed by atoms with Gasteiger partial charge in [-0.3, -0.25) is 0 Å². The van der Waals surface area contributed by atoms with Crippen molar-refractivity contribution in [1.29, 1.82) is 0 Å². The molecule has 1 unspecified atom stereocenters. The monoisotopic (exact) mass is 151 g/mol. The quantitative estimate of drug-likeness (QED) is 0.637. The molecule has 1 atom stereocenters. The van der Waals surface area contributed by atoms with E-state index >= 15 is 0 Å². The molecule has 11 heavy (non-hydrogen) atoms. The lowest BCUT2D eigenvalue weighted by Gasteiger charge is -2.16. The first-order valence-corrected chi connectivity index (χ1v) is 3.37.